The molecule has 2 heterocycles. The molecule has 2 aromatic heterocycles. The number of aromatic nitrogens is 2. The van der Waals surface area contributed by atoms with Crippen LogP contribution in [0.3, 0.4) is 0 Å². The van der Waals surface area contributed by atoms with E-state index >= 15 is 0 Å². The molecule has 2 aliphatic carbocycles. The SMILES string of the molecule is Cc1ccc(NC(=O)c2sc3nc(COC(=O)C4C[C@H]5CCC[C@@H](C4)C5=O)[nH]c(=O)c3c2C)c(C)c1. The van der Waals surface area contributed by atoms with Gasteiger partial charge in [0.25, 0.3) is 11.5 Å². The maximum Gasteiger partial charge on any atom is 0.309 e. The number of rotatable bonds is 5. The van der Waals surface area contributed by atoms with Gasteiger partial charge in [-0.1, -0.05) is 24.1 Å². The summed E-state index contributed by atoms with van der Waals surface area (Å²) in [7, 11) is 0. The second-order valence-electron chi connectivity index (χ2n) is 10.0. The molecular weight excluding hydrogens is 478 g/mol. The minimum atomic E-state index is -0.372. The predicted molar refractivity (Wildman–Crippen MR) is 137 cm³/mol. The number of hydrogen-bond donors (Lipinski definition) is 2. The van der Waals surface area contributed by atoms with Crippen molar-refractivity contribution in [3.05, 3.63) is 55.9 Å². The molecule has 2 fully saturated rings. The third kappa shape index (κ3) is 4.59. The molecule has 2 aliphatic rings. The lowest BCUT2D eigenvalue weighted by molar-refractivity contribution is -0.155. The van der Waals surface area contributed by atoms with Crippen molar-refractivity contribution in [2.24, 2.45) is 17.8 Å². The Bertz CT molecular complexity index is 1420. The van der Waals surface area contributed by atoms with E-state index in [2.05, 4.69) is 15.3 Å². The molecule has 1 unspecified atom stereocenters. The highest BCUT2D eigenvalue weighted by molar-refractivity contribution is 7.20. The fourth-order valence-corrected chi connectivity index (χ4v) is 6.63. The number of fused-ring (bicyclic) bond motifs is 3. The average Bonchev–Trinajstić information content (AvgIpc) is 3.16. The van der Waals surface area contributed by atoms with Crippen LogP contribution in [0.5, 0.6) is 0 Å². The predicted octanol–water partition coefficient (Wildman–Crippen LogP) is 4.60. The summed E-state index contributed by atoms with van der Waals surface area (Å²) in [5.74, 6) is -0.482. The van der Waals surface area contributed by atoms with E-state index < -0.39 is 0 Å². The minimum absolute atomic E-state index is 0.0355. The quantitative estimate of drug-likeness (QED) is 0.487. The summed E-state index contributed by atoms with van der Waals surface area (Å²) in [6, 6.07) is 5.78. The number of ether oxygens (including phenoxy) is 1. The van der Waals surface area contributed by atoms with Crippen molar-refractivity contribution in [1.82, 2.24) is 9.97 Å². The van der Waals surface area contributed by atoms with Crippen molar-refractivity contribution in [2.45, 2.75) is 59.5 Å². The molecule has 0 aliphatic heterocycles. The highest BCUT2D eigenvalue weighted by Crippen LogP contribution is 2.40. The Kier molecular flexibility index (Phi) is 6.51. The van der Waals surface area contributed by atoms with E-state index in [1.807, 2.05) is 32.0 Å². The lowest BCUT2D eigenvalue weighted by Crippen LogP contribution is -2.39. The number of carbonyl (C=O) groups is 3. The Morgan fingerprint density at radius 2 is 1.86 bits per heavy atom. The van der Waals surface area contributed by atoms with Gasteiger partial charge in [-0.3, -0.25) is 19.2 Å². The topological polar surface area (TPSA) is 118 Å². The normalized spacial score (nSPS) is 21.4. The van der Waals surface area contributed by atoms with E-state index in [9.17, 15) is 19.2 Å². The lowest BCUT2D eigenvalue weighted by Gasteiger charge is -2.36. The highest BCUT2D eigenvalue weighted by Gasteiger charge is 2.41. The first-order chi connectivity index (χ1) is 17.2. The molecule has 3 atom stereocenters. The number of esters is 1. The van der Waals surface area contributed by atoms with Crippen LogP contribution < -0.4 is 10.9 Å². The first-order valence-electron chi connectivity index (χ1n) is 12.3. The molecule has 0 spiro atoms. The maximum atomic E-state index is 13.0. The molecule has 0 saturated heterocycles. The Morgan fingerprint density at radius 1 is 1.14 bits per heavy atom. The molecule has 2 saturated carbocycles. The standard InChI is InChI=1S/C27H29N3O5S/c1-13-7-8-19(14(2)9-13)28-25(33)23-15(3)21-24(32)29-20(30-26(21)36-23)12-35-27(34)18-10-16-5-4-6-17(11-18)22(16)31/h7-9,16-18H,4-6,10-12H2,1-3H3,(H,28,33)(H,29,30,32)/t16-,17+,18?. The Labute approximate surface area is 212 Å². The third-order valence-corrected chi connectivity index (χ3v) is 8.60. The number of ketones is 1. The molecule has 8 nitrogen and oxygen atoms in total. The van der Waals surface area contributed by atoms with Crippen molar-refractivity contribution in [3.8, 4) is 0 Å². The zero-order valence-corrected chi connectivity index (χ0v) is 21.4. The number of nitrogens with one attached hydrogen (secondary N) is 2. The monoisotopic (exact) mass is 507 g/mol. The second kappa shape index (κ2) is 9.61. The summed E-state index contributed by atoms with van der Waals surface area (Å²) in [5, 5.41) is 3.28. The van der Waals surface area contributed by atoms with Crippen LogP contribution in [0.4, 0.5) is 5.69 Å². The van der Waals surface area contributed by atoms with E-state index in [1.54, 1.807) is 6.92 Å². The number of carbonyl (C=O) groups excluding carboxylic acids is 3. The van der Waals surface area contributed by atoms with E-state index in [4.69, 9.17) is 4.74 Å². The number of benzene rings is 1. The number of Topliss-reactive ketones (excluding diaryl/α,β-unsaturated/α-hetero) is 1. The van der Waals surface area contributed by atoms with Gasteiger partial charge in [0, 0.05) is 17.5 Å². The second-order valence-corrected chi connectivity index (χ2v) is 11.0. The van der Waals surface area contributed by atoms with E-state index in [0.717, 1.165) is 41.7 Å². The number of amides is 1. The maximum absolute atomic E-state index is 13.0. The molecule has 0 radical (unpaired) electrons. The smallest absolute Gasteiger partial charge is 0.309 e. The largest absolute Gasteiger partial charge is 0.457 e. The van der Waals surface area contributed by atoms with Crippen LogP contribution in [0.15, 0.2) is 23.0 Å². The number of aromatic amines is 1. The summed E-state index contributed by atoms with van der Waals surface area (Å²) in [6.45, 7) is 5.49. The highest BCUT2D eigenvalue weighted by atomic mass is 32.1. The number of thiophene rings is 1. The van der Waals surface area contributed by atoms with Gasteiger partial charge in [-0.15, -0.1) is 11.3 Å². The Hall–Kier alpha value is -3.33. The number of H-pyrrole nitrogens is 1. The lowest BCUT2D eigenvalue weighted by atomic mass is 9.67. The van der Waals surface area contributed by atoms with Crippen molar-refractivity contribution in [3.63, 3.8) is 0 Å². The van der Waals surface area contributed by atoms with Crippen LogP contribution in [0, 0.1) is 38.5 Å². The Morgan fingerprint density at radius 3 is 2.56 bits per heavy atom. The number of nitrogens with zero attached hydrogens (tertiary/aromatic N) is 1. The summed E-state index contributed by atoms with van der Waals surface area (Å²) in [4.78, 5) is 58.8. The minimum Gasteiger partial charge on any atom is -0.457 e. The van der Waals surface area contributed by atoms with Crippen LogP contribution >= 0.6 is 11.3 Å². The van der Waals surface area contributed by atoms with Crippen molar-refractivity contribution < 1.29 is 19.1 Å². The zero-order valence-electron chi connectivity index (χ0n) is 20.6. The Balaban J connectivity index is 1.31. The molecule has 2 bridgehead atoms. The summed E-state index contributed by atoms with van der Waals surface area (Å²) in [6.07, 6.45) is 3.82. The molecule has 1 aromatic carbocycles. The molecule has 36 heavy (non-hydrogen) atoms. The fourth-order valence-electron chi connectivity index (χ4n) is 5.54. The third-order valence-electron chi connectivity index (χ3n) is 7.42. The van der Waals surface area contributed by atoms with Gasteiger partial charge in [0.15, 0.2) is 0 Å². The van der Waals surface area contributed by atoms with Crippen LogP contribution in [-0.4, -0.2) is 27.6 Å². The van der Waals surface area contributed by atoms with Crippen LogP contribution in [0.1, 0.15) is 64.3 Å². The molecule has 188 valence electrons. The van der Waals surface area contributed by atoms with Crippen LogP contribution in [-0.2, 0) is 20.9 Å². The van der Waals surface area contributed by atoms with Crippen LogP contribution in [0.2, 0.25) is 0 Å². The van der Waals surface area contributed by atoms with Gasteiger partial charge in [-0.25, -0.2) is 4.98 Å². The molecule has 5 rings (SSSR count). The number of anilines is 1. The first-order valence-corrected chi connectivity index (χ1v) is 13.1. The average molecular weight is 508 g/mol. The van der Waals surface area contributed by atoms with Gasteiger partial charge < -0.3 is 15.0 Å². The van der Waals surface area contributed by atoms with Gasteiger partial charge in [0.1, 0.15) is 23.0 Å². The zero-order chi connectivity index (χ0) is 25.6. The van der Waals surface area contributed by atoms with Crippen molar-refractivity contribution in [1.29, 1.82) is 0 Å². The molecule has 1 amide bonds. The van der Waals surface area contributed by atoms with Crippen LogP contribution in [0.25, 0.3) is 10.2 Å². The van der Waals surface area contributed by atoms with E-state index in [0.29, 0.717) is 45.0 Å². The summed E-state index contributed by atoms with van der Waals surface area (Å²) >= 11 is 1.14. The van der Waals surface area contributed by atoms with Gasteiger partial charge in [0.05, 0.1) is 16.2 Å². The fraction of sp³-hybridized carbons (Fsp3) is 0.444. The van der Waals surface area contributed by atoms with E-state index in [1.165, 1.54) is 0 Å². The van der Waals surface area contributed by atoms with Gasteiger partial charge >= 0.3 is 5.97 Å². The molecule has 2 N–H and O–H groups in total. The first kappa shape index (κ1) is 24.4. The number of aryl methyl sites for hydroxylation is 3. The van der Waals surface area contributed by atoms with Crippen molar-refractivity contribution >= 4 is 44.9 Å². The summed E-state index contributed by atoms with van der Waals surface area (Å²) in [5.41, 5.74) is 2.96. The van der Waals surface area contributed by atoms with Gasteiger partial charge in [0.2, 0.25) is 0 Å². The van der Waals surface area contributed by atoms with Crippen molar-refractivity contribution in [2.75, 3.05) is 5.32 Å². The van der Waals surface area contributed by atoms with Gasteiger partial charge in [-0.2, -0.15) is 0 Å². The number of hydrogen-bond acceptors (Lipinski definition) is 7. The molecule has 9 heteroatoms. The molecule has 3 aromatic rings. The van der Waals surface area contributed by atoms with Gasteiger partial charge in [-0.05, 0) is 63.6 Å². The van der Waals surface area contributed by atoms with E-state index in [-0.39, 0.29) is 47.6 Å². The summed E-state index contributed by atoms with van der Waals surface area (Å²) < 4.78 is 5.50. The molecular formula is C27H29N3O5S.